The van der Waals surface area contributed by atoms with Crippen molar-refractivity contribution in [3.63, 3.8) is 0 Å². The number of halogens is 1. The van der Waals surface area contributed by atoms with Gasteiger partial charge in [-0.3, -0.25) is 19.7 Å². The second-order valence-corrected chi connectivity index (χ2v) is 6.87. The van der Waals surface area contributed by atoms with E-state index in [-0.39, 0.29) is 34.8 Å². The van der Waals surface area contributed by atoms with Crippen molar-refractivity contribution in [2.45, 2.75) is 26.3 Å². The lowest BCUT2D eigenvalue weighted by Crippen LogP contribution is -2.24. The Morgan fingerprint density at radius 1 is 1.07 bits per heavy atom. The van der Waals surface area contributed by atoms with Gasteiger partial charge in [-0.1, -0.05) is 19.1 Å². The van der Waals surface area contributed by atoms with Crippen LogP contribution in [0.2, 0.25) is 0 Å². The largest absolute Gasteiger partial charge is 0.330 e. The minimum absolute atomic E-state index is 0. The molecule has 0 saturated carbocycles. The normalized spacial score (nSPS) is 11.9. The van der Waals surface area contributed by atoms with Gasteiger partial charge in [0.15, 0.2) is 5.78 Å². The Morgan fingerprint density at radius 2 is 1.83 bits per heavy atom. The number of carbonyl (C=O) groups excluding carboxylic acids is 1. The maximum atomic E-state index is 13.3. The van der Waals surface area contributed by atoms with Gasteiger partial charge < -0.3 is 10.3 Å². The molecule has 0 spiro atoms. The van der Waals surface area contributed by atoms with Crippen LogP contribution in [0.4, 0.5) is 5.69 Å². The van der Waals surface area contributed by atoms with Gasteiger partial charge in [0.1, 0.15) is 0 Å². The van der Waals surface area contributed by atoms with Crippen LogP contribution in [0.1, 0.15) is 34.8 Å². The van der Waals surface area contributed by atoms with E-state index in [0.29, 0.717) is 41.7 Å². The van der Waals surface area contributed by atoms with Crippen molar-refractivity contribution in [2.24, 2.45) is 5.73 Å². The van der Waals surface area contributed by atoms with E-state index in [0.717, 1.165) is 17.5 Å². The molecule has 0 atom stereocenters. The number of nitro benzene ring substituents is 1. The number of ketones is 1. The Labute approximate surface area is 172 Å². The van der Waals surface area contributed by atoms with Crippen molar-refractivity contribution in [1.29, 1.82) is 0 Å². The van der Waals surface area contributed by atoms with Crippen LogP contribution in [-0.2, 0) is 13.0 Å². The maximum Gasteiger partial charge on any atom is 0.270 e. The number of hydrogen-bond acceptors (Lipinski definition) is 5. The fraction of sp³-hybridized carbons (Fsp3) is 0.238. The lowest BCUT2D eigenvalue weighted by Gasteiger charge is -2.14. The number of nitrogens with zero attached hydrogens (tertiary/aromatic N) is 2. The summed E-state index contributed by atoms with van der Waals surface area (Å²) >= 11 is 0. The monoisotopic (exact) mass is 413 g/mol. The zero-order valence-corrected chi connectivity index (χ0v) is 16.6. The molecule has 0 unspecified atom stereocenters. The van der Waals surface area contributed by atoms with Gasteiger partial charge in [0, 0.05) is 35.2 Å². The first-order chi connectivity index (χ1) is 13.5. The number of fused-ring (bicyclic) bond motifs is 5. The molecule has 0 fully saturated rings. The number of aryl methyl sites for hydroxylation is 1. The summed E-state index contributed by atoms with van der Waals surface area (Å²) in [6.07, 6.45) is 1.35. The molecule has 3 aromatic rings. The van der Waals surface area contributed by atoms with E-state index in [2.05, 4.69) is 0 Å². The van der Waals surface area contributed by atoms with Gasteiger partial charge in [-0.2, -0.15) is 0 Å². The first kappa shape index (κ1) is 20.7. The quantitative estimate of drug-likeness (QED) is 0.398. The summed E-state index contributed by atoms with van der Waals surface area (Å²) in [5, 5.41) is 11.8. The van der Waals surface area contributed by atoms with E-state index in [4.69, 9.17) is 5.73 Å². The van der Waals surface area contributed by atoms with E-state index >= 15 is 0 Å². The van der Waals surface area contributed by atoms with Gasteiger partial charge in [0.2, 0.25) is 0 Å². The summed E-state index contributed by atoms with van der Waals surface area (Å²) in [5.74, 6) is -0.152. The van der Waals surface area contributed by atoms with Crippen molar-refractivity contribution in [3.05, 3.63) is 73.6 Å². The zero-order valence-electron chi connectivity index (χ0n) is 15.8. The Morgan fingerprint density at radius 3 is 2.48 bits per heavy atom. The molecule has 29 heavy (non-hydrogen) atoms. The van der Waals surface area contributed by atoms with Gasteiger partial charge in [-0.05, 0) is 37.1 Å². The fourth-order valence-corrected chi connectivity index (χ4v) is 3.86. The lowest BCUT2D eigenvalue weighted by atomic mass is 10.0. The Hall–Kier alpha value is -3.03. The molecule has 7 nitrogen and oxygen atoms in total. The van der Waals surface area contributed by atoms with Crippen LogP contribution in [-0.4, -0.2) is 21.8 Å². The molecule has 1 heterocycles. The molecular formula is C21H20ClN3O4. The highest BCUT2D eigenvalue weighted by molar-refractivity contribution is 6.26. The van der Waals surface area contributed by atoms with Crippen molar-refractivity contribution in [1.82, 2.24) is 4.57 Å². The summed E-state index contributed by atoms with van der Waals surface area (Å²) < 4.78 is 1.55. The lowest BCUT2D eigenvalue weighted by molar-refractivity contribution is -0.384. The summed E-state index contributed by atoms with van der Waals surface area (Å²) in [6.45, 7) is 2.75. The number of benzene rings is 2. The smallest absolute Gasteiger partial charge is 0.270 e. The molecule has 2 N–H and O–H groups in total. The number of carbonyl (C=O) groups is 1. The molecular weight excluding hydrogens is 394 g/mol. The predicted molar refractivity (Wildman–Crippen MR) is 114 cm³/mol. The molecule has 4 rings (SSSR count). The van der Waals surface area contributed by atoms with Crippen molar-refractivity contribution in [3.8, 4) is 11.3 Å². The predicted octanol–water partition coefficient (Wildman–Crippen LogP) is 3.45. The number of non-ortho nitro benzene ring substituents is 1. The minimum atomic E-state index is -0.541. The Bertz CT molecular complexity index is 1220. The SMILES string of the molecule is CCc1ccc2c(c1)C(=O)c1c-2n(CCCN)c(=O)c2cc([N+](=O)[O-])ccc12.Cl. The number of hydrogen-bond donors (Lipinski definition) is 1. The highest BCUT2D eigenvalue weighted by Gasteiger charge is 2.33. The molecule has 1 aliphatic rings. The van der Waals surface area contributed by atoms with Crippen LogP contribution in [0.3, 0.4) is 0 Å². The van der Waals surface area contributed by atoms with Gasteiger partial charge in [0.25, 0.3) is 11.2 Å². The molecule has 150 valence electrons. The van der Waals surface area contributed by atoms with E-state index in [1.807, 2.05) is 25.1 Å². The number of aromatic nitrogens is 1. The van der Waals surface area contributed by atoms with Gasteiger partial charge in [-0.25, -0.2) is 0 Å². The average Bonchev–Trinajstić information content (AvgIpc) is 2.99. The number of nitrogens with two attached hydrogens (primary N) is 1. The molecule has 8 heteroatoms. The highest BCUT2D eigenvalue weighted by Crippen LogP contribution is 2.40. The van der Waals surface area contributed by atoms with E-state index in [9.17, 15) is 19.7 Å². The average molecular weight is 414 g/mol. The minimum Gasteiger partial charge on any atom is -0.330 e. The molecule has 0 bridgehead atoms. The third-order valence-corrected chi connectivity index (χ3v) is 5.27. The third kappa shape index (κ3) is 3.12. The second kappa shape index (κ2) is 7.77. The standard InChI is InChI=1S/C21H19N3O4.ClH/c1-2-12-4-6-15-16(10-12)20(25)18-14-7-5-13(24(27)28)11-17(14)21(26)23(19(15)18)9-3-8-22;/h4-7,10-11H,2-3,8-9,22H2,1H3;1H. The molecule has 1 aromatic heterocycles. The molecule has 2 aromatic carbocycles. The van der Waals surface area contributed by atoms with Crippen molar-refractivity contribution < 1.29 is 9.72 Å². The van der Waals surface area contributed by atoms with E-state index in [1.165, 1.54) is 18.2 Å². The maximum absolute atomic E-state index is 13.3. The molecule has 0 radical (unpaired) electrons. The highest BCUT2D eigenvalue weighted by atomic mass is 35.5. The first-order valence-corrected chi connectivity index (χ1v) is 9.21. The number of nitro groups is 1. The van der Waals surface area contributed by atoms with E-state index < -0.39 is 4.92 Å². The molecule has 0 amide bonds. The number of rotatable bonds is 5. The summed E-state index contributed by atoms with van der Waals surface area (Å²) in [6, 6.07) is 9.80. The van der Waals surface area contributed by atoms with Crippen molar-refractivity contribution >= 4 is 34.7 Å². The molecule has 0 saturated heterocycles. The molecule has 1 aliphatic carbocycles. The zero-order chi connectivity index (χ0) is 20.0. The summed E-state index contributed by atoms with van der Waals surface area (Å²) in [5.41, 5.74) is 8.48. The first-order valence-electron chi connectivity index (χ1n) is 9.21. The Balaban J connectivity index is 0.00000240. The van der Waals surface area contributed by atoms with Gasteiger partial charge in [0.05, 0.1) is 21.6 Å². The van der Waals surface area contributed by atoms with Crippen LogP contribution < -0.4 is 11.3 Å². The third-order valence-electron chi connectivity index (χ3n) is 5.27. The van der Waals surface area contributed by atoms with Crippen molar-refractivity contribution in [2.75, 3.05) is 6.54 Å². The second-order valence-electron chi connectivity index (χ2n) is 6.87. The molecule has 0 aliphatic heterocycles. The summed E-state index contributed by atoms with van der Waals surface area (Å²) in [7, 11) is 0. The summed E-state index contributed by atoms with van der Waals surface area (Å²) in [4.78, 5) is 37.1. The fourth-order valence-electron chi connectivity index (χ4n) is 3.86. The number of pyridine rings is 1. The van der Waals surface area contributed by atoms with Gasteiger partial charge >= 0.3 is 0 Å². The van der Waals surface area contributed by atoms with Crippen LogP contribution in [0.15, 0.2) is 41.2 Å². The van der Waals surface area contributed by atoms with Crippen LogP contribution in [0, 0.1) is 10.1 Å². The van der Waals surface area contributed by atoms with Crippen LogP contribution in [0.25, 0.3) is 22.0 Å². The van der Waals surface area contributed by atoms with E-state index in [1.54, 1.807) is 4.57 Å². The van der Waals surface area contributed by atoms with Crippen LogP contribution in [0.5, 0.6) is 0 Å². The topological polar surface area (TPSA) is 108 Å². The Kier molecular flexibility index (Phi) is 5.55. The van der Waals surface area contributed by atoms with Gasteiger partial charge in [-0.15, -0.1) is 12.4 Å². The van der Waals surface area contributed by atoms with Crippen LogP contribution >= 0.6 is 12.4 Å².